The summed E-state index contributed by atoms with van der Waals surface area (Å²) in [5.41, 5.74) is 2.02. The molecule has 0 aromatic heterocycles. The summed E-state index contributed by atoms with van der Waals surface area (Å²) in [5.74, 6) is -0.362. The van der Waals surface area contributed by atoms with Gasteiger partial charge in [0.15, 0.2) is 0 Å². The maximum Gasteiger partial charge on any atom is 0.304 e. The van der Waals surface area contributed by atoms with Crippen LogP contribution in [0.5, 0.6) is 0 Å². The summed E-state index contributed by atoms with van der Waals surface area (Å²) in [4.78, 5) is 22.4. The third-order valence-corrected chi connectivity index (χ3v) is 4.17. The van der Waals surface area contributed by atoms with Crippen LogP contribution in [0.25, 0.3) is 0 Å². The summed E-state index contributed by atoms with van der Waals surface area (Å²) in [5, 5.41) is 11.3. The Balaban J connectivity index is 1.97. The highest BCUT2D eigenvalue weighted by molar-refractivity contribution is 8.00. The van der Waals surface area contributed by atoms with Gasteiger partial charge in [-0.1, -0.05) is 18.2 Å². The molecule has 1 heterocycles. The largest absolute Gasteiger partial charge is 0.481 e. The summed E-state index contributed by atoms with van der Waals surface area (Å²) in [6.45, 7) is 0. The van der Waals surface area contributed by atoms with Gasteiger partial charge in [0.25, 0.3) is 0 Å². The molecule has 18 heavy (non-hydrogen) atoms. The van der Waals surface area contributed by atoms with Gasteiger partial charge >= 0.3 is 5.97 Å². The zero-order valence-electron chi connectivity index (χ0n) is 9.89. The van der Waals surface area contributed by atoms with Crippen molar-refractivity contribution in [1.29, 1.82) is 0 Å². The third-order valence-electron chi connectivity index (χ3n) is 2.88. The first-order chi connectivity index (χ1) is 8.66. The molecule has 5 heteroatoms. The molecule has 1 aliphatic heterocycles. The minimum absolute atomic E-state index is 0.0182. The number of para-hydroxylation sites is 1. The van der Waals surface area contributed by atoms with E-state index in [0.29, 0.717) is 5.75 Å². The minimum Gasteiger partial charge on any atom is -0.481 e. The van der Waals surface area contributed by atoms with Gasteiger partial charge in [0.2, 0.25) is 5.91 Å². The number of benzene rings is 1. The van der Waals surface area contributed by atoms with E-state index >= 15 is 0 Å². The Morgan fingerprint density at radius 3 is 3.00 bits per heavy atom. The van der Waals surface area contributed by atoms with Gasteiger partial charge in [-0.15, -0.1) is 11.8 Å². The molecule has 96 valence electrons. The Labute approximate surface area is 110 Å². The van der Waals surface area contributed by atoms with Gasteiger partial charge in [-0.3, -0.25) is 9.59 Å². The van der Waals surface area contributed by atoms with Crippen molar-refractivity contribution >= 4 is 29.3 Å². The molecule has 0 saturated heterocycles. The van der Waals surface area contributed by atoms with Crippen LogP contribution in [0.1, 0.15) is 18.4 Å². The molecule has 0 fully saturated rings. The number of aliphatic carboxylic acids is 1. The molecule has 2 rings (SSSR count). The van der Waals surface area contributed by atoms with E-state index < -0.39 is 5.97 Å². The molecule has 0 aliphatic carbocycles. The lowest BCUT2D eigenvalue weighted by molar-refractivity contribution is -0.136. The van der Waals surface area contributed by atoms with Crippen LogP contribution >= 0.6 is 11.8 Å². The SMILES string of the molecule is O=C(O)CCS[C@@H]1CCc2ccccc2NC1=O. The molecule has 1 atom stereocenters. The lowest BCUT2D eigenvalue weighted by Crippen LogP contribution is -2.24. The van der Waals surface area contributed by atoms with E-state index in [9.17, 15) is 9.59 Å². The molecule has 0 unspecified atom stereocenters. The van der Waals surface area contributed by atoms with Crippen molar-refractivity contribution in [3.8, 4) is 0 Å². The molecule has 1 aliphatic rings. The van der Waals surface area contributed by atoms with E-state index in [4.69, 9.17) is 5.11 Å². The van der Waals surface area contributed by atoms with Crippen molar-refractivity contribution in [3.63, 3.8) is 0 Å². The van der Waals surface area contributed by atoms with E-state index in [-0.39, 0.29) is 17.6 Å². The molecule has 0 spiro atoms. The fourth-order valence-electron chi connectivity index (χ4n) is 1.94. The van der Waals surface area contributed by atoms with Crippen molar-refractivity contribution in [2.75, 3.05) is 11.1 Å². The molecular weight excluding hydrogens is 250 g/mol. The molecule has 0 saturated carbocycles. The molecule has 1 aromatic rings. The number of carboxylic acids is 1. The van der Waals surface area contributed by atoms with Crippen LogP contribution in [0.2, 0.25) is 0 Å². The zero-order valence-corrected chi connectivity index (χ0v) is 10.7. The van der Waals surface area contributed by atoms with Crippen molar-refractivity contribution in [1.82, 2.24) is 0 Å². The van der Waals surface area contributed by atoms with Gasteiger partial charge in [-0.05, 0) is 24.5 Å². The predicted octanol–water partition coefficient (Wildman–Crippen LogP) is 2.15. The number of carbonyl (C=O) groups is 2. The Bertz CT molecular complexity index is 461. The maximum absolute atomic E-state index is 12.0. The van der Waals surface area contributed by atoms with Crippen LogP contribution in [0.3, 0.4) is 0 Å². The lowest BCUT2D eigenvalue weighted by atomic mass is 10.1. The average molecular weight is 265 g/mol. The van der Waals surface area contributed by atoms with Gasteiger partial charge in [0.1, 0.15) is 0 Å². The summed E-state index contributed by atoms with van der Waals surface area (Å²) >= 11 is 1.42. The number of nitrogens with one attached hydrogen (secondary N) is 1. The molecule has 0 radical (unpaired) electrons. The fourth-order valence-corrected chi connectivity index (χ4v) is 3.01. The van der Waals surface area contributed by atoms with Crippen molar-refractivity contribution in [2.24, 2.45) is 0 Å². The number of thioether (sulfide) groups is 1. The normalized spacial score (nSPS) is 18.7. The monoisotopic (exact) mass is 265 g/mol. The summed E-state index contributed by atoms with van der Waals surface area (Å²) in [7, 11) is 0. The maximum atomic E-state index is 12.0. The number of fused-ring (bicyclic) bond motifs is 1. The average Bonchev–Trinajstić information content (AvgIpc) is 2.49. The number of hydrogen-bond donors (Lipinski definition) is 2. The van der Waals surface area contributed by atoms with Gasteiger partial charge in [-0.2, -0.15) is 0 Å². The lowest BCUT2D eigenvalue weighted by Gasteiger charge is -2.11. The predicted molar refractivity (Wildman–Crippen MR) is 71.9 cm³/mol. The smallest absolute Gasteiger partial charge is 0.304 e. The third kappa shape index (κ3) is 3.26. The first-order valence-electron chi connectivity index (χ1n) is 5.89. The van der Waals surface area contributed by atoms with Gasteiger partial charge < -0.3 is 10.4 Å². The number of rotatable bonds is 4. The second-order valence-corrected chi connectivity index (χ2v) is 5.50. The van der Waals surface area contributed by atoms with E-state index in [1.54, 1.807) is 0 Å². The summed E-state index contributed by atoms with van der Waals surface area (Å²) < 4.78 is 0. The molecule has 4 nitrogen and oxygen atoms in total. The van der Waals surface area contributed by atoms with Crippen LogP contribution in [0, 0.1) is 0 Å². The Morgan fingerprint density at radius 2 is 2.22 bits per heavy atom. The van der Waals surface area contributed by atoms with Crippen LogP contribution in [0.15, 0.2) is 24.3 Å². The summed E-state index contributed by atoms with van der Waals surface area (Å²) in [6.07, 6.45) is 1.70. The first kappa shape index (κ1) is 13.0. The quantitative estimate of drug-likeness (QED) is 0.875. The Morgan fingerprint density at radius 1 is 1.44 bits per heavy atom. The number of anilines is 1. The number of aryl methyl sites for hydroxylation is 1. The topological polar surface area (TPSA) is 66.4 Å². The van der Waals surface area contributed by atoms with Crippen LogP contribution in [0.4, 0.5) is 5.69 Å². The highest BCUT2D eigenvalue weighted by Crippen LogP contribution is 2.27. The van der Waals surface area contributed by atoms with Crippen molar-refractivity contribution in [3.05, 3.63) is 29.8 Å². The number of hydrogen-bond acceptors (Lipinski definition) is 3. The van der Waals surface area contributed by atoms with Gasteiger partial charge in [-0.25, -0.2) is 0 Å². The number of carboxylic acid groups (broad SMARTS) is 1. The van der Waals surface area contributed by atoms with E-state index in [1.165, 1.54) is 11.8 Å². The first-order valence-corrected chi connectivity index (χ1v) is 6.94. The fraction of sp³-hybridized carbons (Fsp3) is 0.385. The van der Waals surface area contributed by atoms with E-state index in [0.717, 1.165) is 24.1 Å². The van der Waals surface area contributed by atoms with E-state index in [1.807, 2.05) is 24.3 Å². The van der Waals surface area contributed by atoms with Crippen LogP contribution in [-0.4, -0.2) is 28.0 Å². The molecule has 1 aromatic carbocycles. The zero-order chi connectivity index (χ0) is 13.0. The van der Waals surface area contributed by atoms with Crippen molar-refractivity contribution in [2.45, 2.75) is 24.5 Å². The summed E-state index contributed by atoms with van der Waals surface area (Å²) in [6, 6.07) is 7.78. The van der Waals surface area contributed by atoms with Gasteiger partial charge in [0.05, 0.1) is 11.7 Å². The highest BCUT2D eigenvalue weighted by Gasteiger charge is 2.23. The van der Waals surface area contributed by atoms with E-state index in [2.05, 4.69) is 5.32 Å². The molecule has 1 amide bonds. The molecular formula is C13H15NO3S. The van der Waals surface area contributed by atoms with Crippen LogP contribution in [-0.2, 0) is 16.0 Å². The standard InChI is InChI=1S/C13H15NO3S/c15-12(16)7-8-18-11-6-5-9-3-1-2-4-10(9)14-13(11)17/h1-4,11H,5-8H2,(H,14,17)(H,15,16)/t11-/m1/s1. The highest BCUT2D eigenvalue weighted by atomic mass is 32.2. The van der Waals surface area contributed by atoms with Crippen LogP contribution < -0.4 is 5.32 Å². The Kier molecular flexibility index (Phi) is 4.25. The molecule has 2 N–H and O–H groups in total. The second-order valence-electron chi connectivity index (χ2n) is 4.19. The van der Waals surface area contributed by atoms with Crippen molar-refractivity contribution < 1.29 is 14.7 Å². The van der Waals surface area contributed by atoms with Gasteiger partial charge in [0, 0.05) is 11.4 Å². The molecule has 0 bridgehead atoms. The second kappa shape index (κ2) is 5.91. The Hall–Kier alpha value is -1.49. The minimum atomic E-state index is -0.820. The number of carbonyl (C=O) groups excluding carboxylic acids is 1. The number of amides is 1.